The predicted molar refractivity (Wildman–Crippen MR) is 57.5 cm³/mol. The first-order chi connectivity index (χ1) is 5.79. The van der Waals surface area contributed by atoms with Gasteiger partial charge in [-0.1, -0.05) is 48.3 Å². The zero-order valence-corrected chi connectivity index (χ0v) is 9.32. The lowest BCUT2D eigenvalue weighted by Gasteiger charge is -2.08. The molecule has 0 heterocycles. The normalized spacial score (nSPS) is 10.2. The Morgan fingerprint density at radius 2 is 2.00 bits per heavy atom. The van der Waals surface area contributed by atoms with E-state index in [2.05, 4.69) is 48.0 Å². The Morgan fingerprint density at radius 3 is 2.58 bits per heavy atom. The van der Waals surface area contributed by atoms with Crippen LogP contribution in [0.3, 0.4) is 0 Å². The highest BCUT2D eigenvalue weighted by Crippen LogP contribution is 2.22. The zero-order chi connectivity index (χ0) is 8.97. The van der Waals surface area contributed by atoms with Crippen molar-refractivity contribution < 1.29 is 0 Å². The predicted octanol–water partition coefficient (Wildman–Crippen LogP) is 3.96. The highest BCUT2D eigenvalue weighted by Gasteiger charge is 2.02. The van der Waals surface area contributed by atoms with Crippen molar-refractivity contribution in [3.63, 3.8) is 0 Å². The van der Waals surface area contributed by atoms with Crippen LogP contribution in [0.25, 0.3) is 0 Å². The minimum atomic E-state index is 1.13. The summed E-state index contributed by atoms with van der Waals surface area (Å²) in [6.07, 6.45) is 3.54. The summed E-state index contributed by atoms with van der Waals surface area (Å²) in [6, 6.07) is 6.46. The molecule has 0 saturated heterocycles. The highest BCUT2D eigenvalue weighted by atomic mass is 79.9. The molecule has 0 unspecified atom stereocenters. The van der Waals surface area contributed by atoms with Crippen LogP contribution in [0.2, 0.25) is 0 Å². The first kappa shape index (κ1) is 9.79. The van der Waals surface area contributed by atoms with Crippen LogP contribution in [-0.2, 0) is 12.8 Å². The Balaban J connectivity index is 3.02. The maximum atomic E-state index is 3.59. The Hall–Kier alpha value is -0.300. The van der Waals surface area contributed by atoms with Crippen molar-refractivity contribution in [2.75, 3.05) is 0 Å². The fourth-order valence-electron chi connectivity index (χ4n) is 1.46. The van der Waals surface area contributed by atoms with Gasteiger partial charge in [-0.3, -0.25) is 0 Å². The molecule has 0 aromatic heterocycles. The van der Waals surface area contributed by atoms with Gasteiger partial charge < -0.3 is 0 Å². The van der Waals surface area contributed by atoms with Crippen LogP contribution in [0.4, 0.5) is 0 Å². The van der Waals surface area contributed by atoms with Gasteiger partial charge in [-0.25, -0.2) is 0 Å². The smallest absolute Gasteiger partial charge is 0.0210 e. The maximum Gasteiger partial charge on any atom is 0.0210 e. The Labute approximate surface area is 83.1 Å². The van der Waals surface area contributed by atoms with Crippen LogP contribution < -0.4 is 0 Å². The summed E-state index contributed by atoms with van der Waals surface area (Å²) in [7, 11) is 0. The van der Waals surface area contributed by atoms with E-state index in [1.54, 1.807) is 0 Å². The van der Waals surface area contributed by atoms with Crippen molar-refractivity contribution in [2.45, 2.75) is 33.1 Å². The van der Waals surface area contributed by atoms with E-state index < -0.39 is 0 Å². The number of aryl methyl sites for hydroxylation is 1. The van der Waals surface area contributed by atoms with Crippen LogP contribution in [0.5, 0.6) is 0 Å². The topological polar surface area (TPSA) is 0 Å². The lowest BCUT2D eigenvalue weighted by Crippen LogP contribution is -1.93. The molecule has 0 aliphatic heterocycles. The van der Waals surface area contributed by atoms with Crippen molar-refractivity contribution in [2.24, 2.45) is 0 Å². The fourth-order valence-corrected chi connectivity index (χ4v) is 2.07. The number of hydrogen-bond acceptors (Lipinski definition) is 0. The summed E-state index contributed by atoms with van der Waals surface area (Å²) in [5.41, 5.74) is 2.97. The standard InChI is InChI=1S/C11H15Br/c1-3-6-10-9(4-2)7-5-8-11(10)12/h5,7-8H,3-4,6H2,1-2H3. The largest absolute Gasteiger partial charge is 0.0651 e. The second kappa shape index (κ2) is 4.66. The van der Waals surface area contributed by atoms with E-state index in [1.807, 2.05) is 0 Å². The molecule has 1 aromatic carbocycles. The van der Waals surface area contributed by atoms with Gasteiger partial charge >= 0.3 is 0 Å². The van der Waals surface area contributed by atoms with Gasteiger partial charge in [0.15, 0.2) is 0 Å². The summed E-state index contributed by atoms with van der Waals surface area (Å²) in [6.45, 7) is 4.43. The molecule has 0 spiro atoms. The third kappa shape index (κ3) is 2.10. The van der Waals surface area contributed by atoms with E-state index >= 15 is 0 Å². The van der Waals surface area contributed by atoms with Gasteiger partial charge in [-0.2, -0.15) is 0 Å². The second-order valence-electron chi connectivity index (χ2n) is 2.98. The molecule has 0 saturated carbocycles. The van der Waals surface area contributed by atoms with Crippen molar-refractivity contribution in [3.05, 3.63) is 33.8 Å². The summed E-state index contributed by atoms with van der Waals surface area (Å²) in [5, 5.41) is 0. The molecule has 1 rings (SSSR count). The molecule has 66 valence electrons. The van der Waals surface area contributed by atoms with Gasteiger partial charge in [-0.05, 0) is 30.0 Å². The van der Waals surface area contributed by atoms with Crippen molar-refractivity contribution in [1.82, 2.24) is 0 Å². The summed E-state index contributed by atoms with van der Waals surface area (Å²) in [4.78, 5) is 0. The lowest BCUT2D eigenvalue weighted by atomic mass is 10.0. The third-order valence-corrected chi connectivity index (χ3v) is 2.84. The summed E-state index contributed by atoms with van der Waals surface area (Å²) in [5.74, 6) is 0. The van der Waals surface area contributed by atoms with Gasteiger partial charge in [0.25, 0.3) is 0 Å². The number of halogens is 1. The second-order valence-corrected chi connectivity index (χ2v) is 3.84. The summed E-state index contributed by atoms with van der Waals surface area (Å²) < 4.78 is 1.27. The van der Waals surface area contributed by atoms with Crippen LogP contribution >= 0.6 is 15.9 Å². The molecule has 0 bridgehead atoms. The van der Waals surface area contributed by atoms with Gasteiger partial charge in [0.1, 0.15) is 0 Å². The number of rotatable bonds is 3. The van der Waals surface area contributed by atoms with Crippen molar-refractivity contribution >= 4 is 15.9 Å². The molecule has 0 amide bonds. The molecule has 0 nitrogen and oxygen atoms in total. The van der Waals surface area contributed by atoms with E-state index in [9.17, 15) is 0 Å². The third-order valence-electron chi connectivity index (χ3n) is 2.10. The van der Waals surface area contributed by atoms with Gasteiger partial charge in [-0.15, -0.1) is 0 Å². The minimum Gasteiger partial charge on any atom is -0.0651 e. The molecular formula is C11H15Br. The first-order valence-electron chi connectivity index (χ1n) is 4.55. The Morgan fingerprint density at radius 1 is 1.25 bits per heavy atom. The van der Waals surface area contributed by atoms with E-state index in [0.29, 0.717) is 0 Å². The molecule has 12 heavy (non-hydrogen) atoms. The quantitative estimate of drug-likeness (QED) is 0.733. The Bertz CT molecular complexity index is 253. The molecule has 1 aromatic rings. The molecule has 0 atom stereocenters. The summed E-state index contributed by atoms with van der Waals surface area (Å²) >= 11 is 3.59. The number of hydrogen-bond donors (Lipinski definition) is 0. The zero-order valence-electron chi connectivity index (χ0n) is 7.73. The van der Waals surface area contributed by atoms with Crippen molar-refractivity contribution in [1.29, 1.82) is 0 Å². The molecule has 0 radical (unpaired) electrons. The number of benzene rings is 1. The van der Waals surface area contributed by atoms with E-state index in [-0.39, 0.29) is 0 Å². The fraction of sp³-hybridized carbons (Fsp3) is 0.455. The van der Waals surface area contributed by atoms with E-state index in [1.165, 1.54) is 28.4 Å². The average Bonchev–Trinajstić information content (AvgIpc) is 2.09. The van der Waals surface area contributed by atoms with Crippen LogP contribution in [0, 0.1) is 0 Å². The lowest BCUT2D eigenvalue weighted by molar-refractivity contribution is 0.894. The molecule has 0 N–H and O–H groups in total. The molecule has 0 aliphatic rings. The molecule has 0 fully saturated rings. The van der Waals surface area contributed by atoms with Crippen molar-refractivity contribution in [3.8, 4) is 0 Å². The van der Waals surface area contributed by atoms with Crippen LogP contribution in [0.1, 0.15) is 31.4 Å². The van der Waals surface area contributed by atoms with Crippen LogP contribution in [0.15, 0.2) is 22.7 Å². The average molecular weight is 227 g/mol. The molecule has 0 aliphatic carbocycles. The molecular weight excluding hydrogens is 212 g/mol. The Kier molecular flexibility index (Phi) is 3.80. The van der Waals surface area contributed by atoms with E-state index in [4.69, 9.17) is 0 Å². The van der Waals surface area contributed by atoms with Crippen LogP contribution in [-0.4, -0.2) is 0 Å². The molecule has 1 heteroatoms. The maximum absolute atomic E-state index is 3.59. The van der Waals surface area contributed by atoms with Gasteiger partial charge in [0.2, 0.25) is 0 Å². The minimum absolute atomic E-state index is 1.13. The first-order valence-corrected chi connectivity index (χ1v) is 5.35. The highest BCUT2D eigenvalue weighted by molar-refractivity contribution is 9.10. The van der Waals surface area contributed by atoms with Gasteiger partial charge in [0.05, 0.1) is 0 Å². The van der Waals surface area contributed by atoms with E-state index in [0.717, 1.165) is 6.42 Å². The monoisotopic (exact) mass is 226 g/mol. The SMILES string of the molecule is CCCc1c(Br)cccc1CC. The van der Waals surface area contributed by atoms with Gasteiger partial charge in [0, 0.05) is 4.47 Å².